The quantitative estimate of drug-likeness (QED) is 0.737. The fourth-order valence-corrected chi connectivity index (χ4v) is 2.46. The summed E-state index contributed by atoms with van der Waals surface area (Å²) in [6.45, 7) is 15.3. The van der Waals surface area contributed by atoms with Gasteiger partial charge in [0.2, 0.25) is 0 Å². The second-order valence-electron chi connectivity index (χ2n) is 5.73. The van der Waals surface area contributed by atoms with Crippen molar-refractivity contribution in [3.05, 3.63) is 0 Å². The molecule has 0 atom stereocenters. The number of rotatable bonds is 2. The van der Waals surface area contributed by atoms with E-state index in [2.05, 4.69) is 46.9 Å². The number of ether oxygens (including phenoxy) is 1. The molecule has 0 radical (unpaired) electrons. The summed E-state index contributed by atoms with van der Waals surface area (Å²) in [5, 5.41) is 3.50. The van der Waals surface area contributed by atoms with E-state index in [0.717, 1.165) is 13.1 Å². The van der Waals surface area contributed by atoms with Gasteiger partial charge in [0.15, 0.2) is 0 Å². The van der Waals surface area contributed by atoms with Crippen LogP contribution in [0.4, 0.5) is 0 Å². The fourth-order valence-electron chi connectivity index (χ4n) is 2.46. The lowest BCUT2D eigenvalue weighted by Crippen LogP contribution is -2.62. The van der Waals surface area contributed by atoms with Gasteiger partial charge in [-0.3, -0.25) is 0 Å². The molecular formula is C12H25NO. The van der Waals surface area contributed by atoms with Crippen LogP contribution in [0.3, 0.4) is 0 Å². The first kappa shape index (κ1) is 12.0. The predicted octanol–water partition coefficient (Wildman–Crippen LogP) is 2.44. The Hall–Kier alpha value is -0.0800. The van der Waals surface area contributed by atoms with E-state index in [9.17, 15) is 0 Å². The van der Waals surface area contributed by atoms with E-state index in [1.165, 1.54) is 0 Å². The highest BCUT2D eigenvalue weighted by Gasteiger charge is 2.45. The van der Waals surface area contributed by atoms with Crippen LogP contribution in [-0.4, -0.2) is 24.3 Å². The van der Waals surface area contributed by atoms with Gasteiger partial charge in [0.25, 0.3) is 0 Å². The van der Waals surface area contributed by atoms with Crippen LogP contribution in [0.2, 0.25) is 0 Å². The zero-order valence-electron chi connectivity index (χ0n) is 10.5. The minimum atomic E-state index is -0.0349. The van der Waals surface area contributed by atoms with Gasteiger partial charge < -0.3 is 10.1 Å². The lowest BCUT2D eigenvalue weighted by molar-refractivity contribution is -0.203. The van der Waals surface area contributed by atoms with Gasteiger partial charge in [-0.15, -0.1) is 0 Å². The van der Waals surface area contributed by atoms with E-state index in [0.29, 0.717) is 11.8 Å². The third kappa shape index (κ3) is 2.12. The van der Waals surface area contributed by atoms with Gasteiger partial charge in [0, 0.05) is 13.1 Å². The maximum absolute atomic E-state index is 6.32. The van der Waals surface area contributed by atoms with Crippen molar-refractivity contribution in [2.24, 2.45) is 11.8 Å². The highest BCUT2D eigenvalue weighted by Crippen LogP contribution is 2.36. The molecule has 84 valence electrons. The second-order valence-corrected chi connectivity index (χ2v) is 5.73. The van der Waals surface area contributed by atoms with E-state index in [-0.39, 0.29) is 11.2 Å². The number of nitrogens with one attached hydrogen (secondary N) is 1. The molecule has 0 aromatic rings. The molecule has 1 heterocycles. The van der Waals surface area contributed by atoms with Gasteiger partial charge in [0.05, 0.1) is 11.2 Å². The van der Waals surface area contributed by atoms with E-state index < -0.39 is 0 Å². The summed E-state index contributed by atoms with van der Waals surface area (Å²) >= 11 is 0. The van der Waals surface area contributed by atoms with Crippen molar-refractivity contribution in [3.63, 3.8) is 0 Å². The Bertz CT molecular complexity index is 188. The minimum absolute atomic E-state index is 0.00174. The number of hydrogen-bond donors (Lipinski definition) is 1. The van der Waals surface area contributed by atoms with Crippen molar-refractivity contribution < 1.29 is 4.74 Å². The van der Waals surface area contributed by atoms with Crippen molar-refractivity contribution >= 4 is 0 Å². The fraction of sp³-hybridized carbons (Fsp3) is 1.00. The van der Waals surface area contributed by atoms with Crippen molar-refractivity contribution in [2.75, 3.05) is 13.1 Å². The maximum atomic E-state index is 6.32. The van der Waals surface area contributed by atoms with Crippen LogP contribution in [0.5, 0.6) is 0 Å². The molecule has 14 heavy (non-hydrogen) atoms. The third-order valence-corrected chi connectivity index (χ3v) is 3.37. The van der Waals surface area contributed by atoms with Gasteiger partial charge in [-0.25, -0.2) is 0 Å². The van der Waals surface area contributed by atoms with Crippen LogP contribution in [0.1, 0.15) is 41.5 Å². The summed E-state index contributed by atoms with van der Waals surface area (Å²) in [5.74, 6) is 1.10. The molecule has 1 fully saturated rings. The molecule has 2 nitrogen and oxygen atoms in total. The summed E-state index contributed by atoms with van der Waals surface area (Å²) < 4.78 is 6.32. The molecule has 0 aromatic heterocycles. The van der Waals surface area contributed by atoms with Crippen molar-refractivity contribution in [1.82, 2.24) is 5.32 Å². The zero-order chi connectivity index (χ0) is 11.0. The molecule has 1 rings (SSSR count). The van der Waals surface area contributed by atoms with Crippen LogP contribution < -0.4 is 5.32 Å². The zero-order valence-corrected chi connectivity index (χ0v) is 10.5. The SMILES string of the molecule is CC(C)C1(C(C)C)CNCC(C)(C)O1. The van der Waals surface area contributed by atoms with E-state index in [4.69, 9.17) is 4.74 Å². The molecule has 1 N–H and O–H groups in total. The van der Waals surface area contributed by atoms with Gasteiger partial charge in [-0.05, 0) is 25.7 Å². The van der Waals surface area contributed by atoms with Crippen molar-refractivity contribution in [2.45, 2.75) is 52.7 Å². The molecule has 0 aromatic carbocycles. The Morgan fingerprint density at radius 1 is 1.00 bits per heavy atom. The number of hydrogen-bond acceptors (Lipinski definition) is 2. The van der Waals surface area contributed by atoms with Crippen LogP contribution in [0, 0.1) is 11.8 Å². The summed E-state index contributed by atoms with van der Waals surface area (Å²) in [7, 11) is 0. The monoisotopic (exact) mass is 199 g/mol. The average molecular weight is 199 g/mol. The first-order valence-electron chi connectivity index (χ1n) is 5.71. The van der Waals surface area contributed by atoms with Crippen molar-refractivity contribution in [3.8, 4) is 0 Å². The topological polar surface area (TPSA) is 21.3 Å². The second kappa shape index (κ2) is 3.82. The van der Waals surface area contributed by atoms with E-state index in [1.807, 2.05) is 0 Å². The summed E-state index contributed by atoms with van der Waals surface area (Å²) in [6, 6.07) is 0. The van der Waals surface area contributed by atoms with Gasteiger partial charge in [0.1, 0.15) is 0 Å². The largest absolute Gasteiger partial charge is 0.366 e. The molecule has 2 heteroatoms. The predicted molar refractivity (Wildman–Crippen MR) is 60.4 cm³/mol. The van der Waals surface area contributed by atoms with Gasteiger partial charge in [-0.2, -0.15) is 0 Å². The first-order valence-corrected chi connectivity index (χ1v) is 5.71. The normalized spacial score (nSPS) is 25.7. The maximum Gasteiger partial charge on any atom is 0.0859 e. The molecule has 1 aliphatic heterocycles. The van der Waals surface area contributed by atoms with Crippen LogP contribution in [0.15, 0.2) is 0 Å². The summed E-state index contributed by atoms with van der Waals surface area (Å²) in [5.41, 5.74) is -0.0332. The molecule has 1 saturated heterocycles. The lowest BCUT2D eigenvalue weighted by Gasteiger charge is -2.50. The Kier molecular flexibility index (Phi) is 3.27. The molecule has 0 bridgehead atoms. The Morgan fingerprint density at radius 2 is 1.50 bits per heavy atom. The Morgan fingerprint density at radius 3 is 1.79 bits per heavy atom. The number of morpholine rings is 1. The van der Waals surface area contributed by atoms with Crippen molar-refractivity contribution in [1.29, 1.82) is 0 Å². The third-order valence-electron chi connectivity index (χ3n) is 3.37. The smallest absolute Gasteiger partial charge is 0.0859 e. The summed E-state index contributed by atoms with van der Waals surface area (Å²) in [4.78, 5) is 0. The molecule has 1 aliphatic rings. The standard InChI is InChI=1S/C12H25NO/c1-9(2)12(10(3)4)8-13-7-11(5,6)14-12/h9-10,13H,7-8H2,1-6H3. The van der Waals surface area contributed by atoms with Gasteiger partial charge >= 0.3 is 0 Å². The van der Waals surface area contributed by atoms with Crippen LogP contribution in [-0.2, 0) is 4.74 Å². The molecule has 0 amide bonds. The van der Waals surface area contributed by atoms with E-state index in [1.54, 1.807) is 0 Å². The molecule has 0 aliphatic carbocycles. The molecule has 0 spiro atoms. The molecular weight excluding hydrogens is 174 g/mol. The van der Waals surface area contributed by atoms with Gasteiger partial charge in [-0.1, -0.05) is 27.7 Å². The minimum Gasteiger partial charge on any atom is -0.366 e. The molecule has 0 unspecified atom stereocenters. The highest BCUT2D eigenvalue weighted by atomic mass is 16.5. The Balaban J connectivity index is 2.88. The average Bonchev–Trinajstić information content (AvgIpc) is 2.01. The van der Waals surface area contributed by atoms with Crippen LogP contribution in [0.25, 0.3) is 0 Å². The van der Waals surface area contributed by atoms with Crippen LogP contribution >= 0.6 is 0 Å². The highest BCUT2D eigenvalue weighted by molar-refractivity contribution is 4.96. The van der Waals surface area contributed by atoms with E-state index >= 15 is 0 Å². The molecule has 0 saturated carbocycles. The summed E-state index contributed by atoms with van der Waals surface area (Å²) in [6.07, 6.45) is 0. The Labute approximate surface area is 88.4 Å². The first-order chi connectivity index (χ1) is 6.30. The lowest BCUT2D eigenvalue weighted by atomic mass is 9.78.